The van der Waals surface area contributed by atoms with E-state index in [1.807, 2.05) is 0 Å². The molecule has 2 aliphatic rings. The van der Waals surface area contributed by atoms with Gasteiger partial charge in [-0.15, -0.1) is 24.8 Å². The summed E-state index contributed by atoms with van der Waals surface area (Å²) in [4.78, 5) is 2.59. The van der Waals surface area contributed by atoms with Gasteiger partial charge in [-0.3, -0.25) is 4.90 Å². The van der Waals surface area contributed by atoms with Gasteiger partial charge >= 0.3 is 0 Å². The Bertz CT molecular complexity index is 479. The van der Waals surface area contributed by atoms with E-state index in [0.29, 0.717) is 6.04 Å². The van der Waals surface area contributed by atoms with E-state index in [-0.39, 0.29) is 30.4 Å². The zero-order chi connectivity index (χ0) is 13.5. The number of nitrogens with one attached hydrogen (secondary N) is 1. The van der Waals surface area contributed by atoms with Crippen molar-refractivity contribution in [3.63, 3.8) is 0 Å². The van der Waals surface area contributed by atoms with Crippen molar-refractivity contribution < 1.29 is 4.74 Å². The Morgan fingerprint density at radius 2 is 1.90 bits per heavy atom. The maximum absolute atomic E-state index is 6.13. The molecule has 120 valence electrons. The summed E-state index contributed by atoms with van der Waals surface area (Å²) in [6.45, 7) is 8.78. The largest absolute Gasteiger partial charge is 0.487 e. The van der Waals surface area contributed by atoms with Crippen molar-refractivity contribution in [2.45, 2.75) is 31.9 Å². The molecule has 1 aromatic rings. The van der Waals surface area contributed by atoms with Crippen LogP contribution in [0.3, 0.4) is 0 Å². The highest BCUT2D eigenvalue weighted by Gasteiger charge is 2.37. The minimum absolute atomic E-state index is 0. The maximum Gasteiger partial charge on any atom is 0.124 e. The highest BCUT2D eigenvalue weighted by Crippen LogP contribution is 2.43. The number of rotatable bonds is 1. The molecule has 6 heteroatoms. The summed E-state index contributed by atoms with van der Waals surface area (Å²) in [6.07, 6.45) is 1.05. The van der Waals surface area contributed by atoms with Crippen molar-refractivity contribution in [1.29, 1.82) is 0 Å². The highest BCUT2D eigenvalue weighted by molar-refractivity contribution is 9.10. The van der Waals surface area contributed by atoms with Gasteiger partial charge in [0.05, 0.1) is 0 Å². The second kappa shape index (κ2) is 7.51. The van der Waals surface area contributed by atoms with Crippen LogP contribution in [-0.2, 0) is 0 Å². The first-order chi connectivity index (χ1) is 9.05. The van der Waals surface area contributed by atoms with Crippen LogP contribution < -0.4 is 10.1 Å². The SMILES string of the molecule is CC1(C)CC(N2CCNCC2)c2cc(Br)ccc2O1.Cl.Cl. The second-order valence-electron chi connectivity index (χ2n) is 6.05. The van der Waals surface area contributed by atoms with E-state index in [1.54, 1.807) is 0 Å². The number of hydrogen-bond acceptors (Lipinski definition) is 3. The second-order valence-corrected chi connectivity index (χ2v) is 6.97. The Morgan fingerprint density at radius 3 is 2.57 bits per heavy atom. The Morgan fingerprint density at radius 1 is 1.24 bits per heavy atom. The fraction of sp³-hybridized carbons (Fsp3) is 0.600. The van der Waals surface area contributed by atoms with Crippen molar-refractivity contribution in [3.8, 4) is 5.75 Å². The average molecular weight is 398 g/mol. The molecule has 2 heterocycles. The summed E-state index contributed by atoms with van der Waals surface area (Å²) in [5.41, 5.74) is 1.24. The van der Waals surface area contributed by atoms with Crippen LogP contribution in [0.4, 0.5) is 0 Å². The number of ether oxygens (including phenoxy) is 1. The van der Waals surface area contributed by atoms with Crippen LogP contribution in [0, 0.1) is 0 Å². The van der Waals surface area contributed by atoms with Crippen LogP contribution >= 0.6 is 40.7 Å². The molecule has 1 atom stereocenters. The molecule has 1 unspecified atom stereocenters. The highest BCUT2D eigenvalue weighted by atomic mass is 79.9. The molecular weight excluding hydrogens is 375 g/mol. The standard InChI is InChI=1S/C15H21BrN2O.2ClH/c1-15(2)10-13(18-7-5-17-6-8-18)12-9-11(16)3-4-14(12)19-15;;/h3-4,9,13,17H,5-8,10H2,1-2H3;2*1H. The topological polar surface area (TPSA) is 24.5 Å². The summed E-state index contributed by atoms with van der Waals surface area (Å²) in [5, 5.41) is 3.43. The molecule has 1 fully saturated rings. The molecule has 1 aromatic carbocycles. The zero-order valence-corrected chi connectivity index (χ0v) is 15.6. The van der Waals surface area contributed by atoms with E-state index in [0.717, 1.165) is 42.8 Å². The smallest absolute Gasteiger partial charge is 0.124 e. The molecule has 1 N–H and O–H groups in total. The first kappa shape index (κ1) is 19.0. The van der Waals surface area contributed by atoms with Crippen molar-refractivity contribution in [1.82, 2.24) is 10.2 Å². The van der Waals surface area contributed by atoms with Gasteiger partial charge in [0.1, 0.15) is 11.4 Å². The van der Waals surface area contributed by atoms with Crippen LogP contribution in [-0.4, -0.2) is 36.7 Å². The number of piperazine rings is 1. The Kier molecular flexibility index (Phi) is 6.81. The lowest BCUT2D eigenvalue weighted by Crippen LogP contribution is -2.48. The van der Waals surface area contributed by atoms with E-state index in [4.69, 9.17) is 4.74 Å². The molecule has 0 aliphatic carbocycles. The molecule has 21 heavy (non-hydrogen) atoms. The van der Waals surface area contributed by atoms with Gasteiger partial charge in [-0.2, -0.15) is 0 Å². The minimum Gasteiger partial charge on any atom is -0.487 e. The van der Waals surface area contributed by atoms with Gasteiger partial charge in [0.15, 0.2) is 0 Å². The van der Waals surface area contributed by atoms with E-state index in [1.165, 1.54) is 5.56 Å². The molecule has 3 rings (SSSR count). The minimum atomic E-state index is -0.0869. The molecule has 1 saturated heterocycles. The van der Waals surface area contributed by atoms with Gasteiger partial charge in [-0.05, 0) is 32.0 Å². The van der Waals surface area contributed by atoms with Gasteiger partial charge in [0.2, 0.25) is 0 Å². The van der Waals surface area contributed by atoms with Crippen LogP contribution in [0.25, 0.3) is 0 Å². The van der Waals surface area contributed by atoms with E-state index in [2.05, 4.69) is 58.2 Å². The van der Waals surface area contributed by atoms with Gasteiger partial charge in [-0.1, -0.05) is 15.9 Å². The molecule has 3 nitrogen and oxygen atoms in total. The van der Waals surface area contributed by atoms with Gasteiger partial charge < -0.3 is 10.1 Å². The Labute approximate surface area is 147 Å². The van der Waals surface area contributed by atoms with Gasteiger partial charge in [0, 0.05) is 48.7 Å². The van der Waals surface area contributed by atoms with Crippen molar-refractivity contribution in [2.24, 2.45) is 0 Å². The van der Waals surface area contributed by atoms with Crippen molar-refractivity contribution >= 4 is 40.7 Å². The first-order valence-electron chi connectivity index (χ1n) is 6.98. The van der Waals surface area contributed by atoms with Crippen LogP contribution in [0.5, 0.6) is 5.75 Å². The van der Waals surface area contributed by atoms with Crippen LogP contribution in [0.2, 0.25) is 0 Å². The van der Waals surface area contributed by atoms with Gasteiger partial charge in [-0.25, -0.2) is 0 Å². The van der Waals surface area contributed by atoms with Crippen LogP contribution in [0.1, 0.15) is 31.9 Å². The quantitative estimate of drug-likeness (QED) is 0.779. The predicted molar refractivity (Wildman–Crippen MR) is 95.1 cm³/mol. The van der Waals surface area contributed by atoms with E-state index < -0.39 is 0 Å². The summed E-state index contributed by atoms with van der Waals surface area (Å²) in [6, 6.07) is 6.85. The summed E-state index contributed by atoms with van der Waals surface area (Å²) >= 11 is 3.58. The molecule has 0 radical (unpaired) electrons. The van der Waals surface area contributed by atoms with Crippen molar-refractivity contribution in [3.05, 3.63) is 28.2 Å². The number of fused-ring (bicyclic) bond motifs is 1. The summed E-state index contributed by atoms with van der Waals surface area (Å²) in [5.74, 6) is 1.04. The van der Waals surface area contributed by atoms with E-state index in [9.17, 15) is 0 Å². The molecule has 0 spiro atoms. The lowest BCUT2D eigenvalue weighted by atomic mass is 9.88. The molecular formula is C15H23BrCl2N2O. The fourth-order valence-electron chi connectivity index (χ4n) is 3.11. The third kappa shape index (κ3) is 4.26. The lowest BCUT2D eigenvalue weighted by Gasteiger charge is -2.44. The maximum atomic E-state index is 6.13. The number of nitrogens with zero attached hydrogens (tertiary/aromatic N) is 1. The van der Waals surface area contributed by atoms with Crippen molar-refractivity contribution in [2.75, 3.05) is 26.2 Å². The Hall–Kier alpha value is -0.000000000000000111. The molecule has 0 aromatic heterocycles. The first-order valence-corrected chi connectivity index (χ1v) is 7.78. The fourth-order valence-corrected chi connectivity index (χ4v) is 3.49. The van der Waals surface area contributed by atoms with Gasteiger partial charge in [0.25, 0.3) is 0 Å². The molecule has 2 aliphatic heterocycles. The average Bonchev–Trinajstić information content (AvgIpc) is 2.39. The van der Waals surface area contributed by atoms with Crippen LogP contribution in [0.15, 0.2) is 22.7 Å². The number of hydrogen-bond donors (Lipinski definition) is 1. The normalized spacial score (nSPS) is 24.0. The molecule has 0 saturated carbocycles. The monoisotopic (exact) mass is 396 g/mol. The summed E-state index contributed by atoms with van der Waals surface area (Å²) in [7, 11) is 0. The number of halogens is 3. The summed E-state index contributed by atoms with van der Waals surface area (Å²) < 4.78 is 7.27. The third-order valence-electron chi connectivity index (χ3n) is 3.99. The molecule has 0 amide bonds. The predicted octanol–water partition coefficient (Wildman–Crippen LogP) is 3.80. The zero-order valence-electron chi connectivity index (χ0n) is 12.4. The third-order valence-corrected chi connectivity index (χ3v) is 4.49. The van der Waals surface area contributed by atoms with E-state index >= 15 is 0 Å². The number of benzene rings is 1. The Balaban J connectivity index is 0.00000110. The molecule has 0 bridgehead atoms. The lowest BCUT2D eigenvalue weighted by molar-refractivity contribution is 0.0259.